The van der Waals surface area contributed by atoms with E-state index in [0.29, 0.717) is 18.5 Å². The lowest BCUT2D eigenvalue weighted by Gasteiger charge is -2.15. The Morgan fingerprint density at radius 1 is 1.21 bits per heavy atom. The van der Waals surface area contributed by atoms with Gasteiger partial charge < -0.3 is 11.5 Å². The van der Waals surface area contributed by atoms with Crippen molar-refractivity contribution in [2.24, 2.45) is 11.5 Å². The van der Waals surface area contributed by atoms with Crippen molar-refractivity contribution in [3.05, 3.63) is 34.3 Å². The van der Waals surface area contributed by atoms with Crippen LogP contribution in [-0.4, -0.2) is 6.54 Å². The number of halogens is 5. The van der Waals surface area contributed by atoms with Gasteiger partial charge in [-0.25, -0.2) is 0 Å². The first-order chi connectivity index (χ1) is 8.36. The predicted octanol–water partition coefficient (Wildman–Crippen LogP) is 3.91. The fourth-order valence-electron chi connectivity index (χ4n) is 1.67. The summed E-state index contributed by atoms with van der Waals surface area (Å²) in [5.74, 6) is 0. The van der Waals surface area contributed by atoms with Gasteiger partial charge in [0, 0.05) is 6.04 Å². The molecule has 0 saturated carbocycles. The molecule has 0 amide bonds. The van der Waals surface area contributed by atoms with Crippen molar-refractivity contribution in [2.45, 2.75) is 31.5 Å². The molecule has 1 aromatic rings. The van der Waals surface area contributed by atoms with Crippen molar-refractivity contribution in [1.29, 1.82) is 0 Å². The summed E-state index contributed by atoms with van der Waals surface area (Å²) in [6.45, 7) is 0.557. The highest BCUT2D eigenvalue weighted by atomic mass is 35.5. The molecule has 0 aliphatic heterocycles. The van der Waals surface area contributed by atoms with Gasteiger partial charge in [0.2, 0.25) is 0 Å². The molecule has 0 heterocycles. The van der Waals surface area contributed by atoms with E-state index in [2.05, 4.69) is 0 Å². The lowest BCUT2D eigenvalue weighted by Crippen LogP contribution is -2.13. The highest BCUT2D eigenvalue weighted by Gasteiger charge is 2.33. The average molecular weight is 317 g/mol. The number of unbranched alkanes of at least 4 members (excludes halogenated alkanes) is 1. The summed E-state index contributed by atoms with van der Waals surface area (Å²) in [6, 6.07) is 3.37. The Hall–Kier alpha value is -0.490. The van der Waals surface area contributed by atoms with Crippen molar-refractivity contribution in [1.82, 2.24) is 0 Å². The van der Waals surface area contributed by atoms with E-state index in [1.807, 2.05) is 0 Å². The van der Waals surface area contributed by atoms with E-state index < -0.39 is 17.8 Å². The van der Waals surface area contributed by atoms with Gasteiger partial charge in [0.1, 0.15) is 0 Å². The van der Waals surface area contributed by atoms with Gasteiger partial charge in [0.25, 0.3) is 0 Å². The molecule has 0 bridgehead atoms. The Morgan fingerprint density at radius 3 is 2.37 bits per heavy atom. The second kappa shape index (κ2) is 7.94. The minimum Gasteiger partial charge on any atom is -0.330 e. The van der Waals surface area contributed by atoms with Gasteiger partial charge in [-0.1, -0.05) is 24.1 Å². The number of alkyl halides is 3. The van der Waals surface area contributed by atoms with Gasteiger partial charge in [-0.15, -0.1) is 12.4 Å². The number of hydrogen-bond acceptors (Lipinski definition) is 2. The molecular weight excluding hydrogens is 300 g/mol. The standard InChI is InChI=1S/C12H16ClF3N2.ClH/c13-10-5-4-8(7-9(10)12(14,15)16)11(18)3-1-2-6-17;/h4-5,7,11H,1-3,6,17-18H2;1H/t11-;/m1./s1. The fraction of sp³-hybridized carbons (Fsp3) is 0.500. The number of rotatable bonds is 5. The van der Waals surface area contributed by atoms with Crippen LogP contribution in [0.3, 0.4) is 0 Å². The SMILES string of the molecule is Cl.NCCCC[C@@H](N)c1ccc(Cl)c(C(F)(F)F)c1. The van der Waals surface area contributed by atoms with Crippen LogP contribution in [-0.2, 0) is 6.18 Å². The minimum atomic E-state index is -4.45. The van der Waals surface area contributed by atoms with Crippen LogP contribution < -0.4 is 11.5 Å². The zero-order valence-electron chi connectivity index (χ0n) is 10.2. The van der Waals surface area contributed by atoms with Crippen LogP contribution in [0.2, 0.25) is 5.02 Å². The molecule has 0 aromatic heterocycles. The van der Waals surface area contributed by atoms with E-state index in [-0.39, 0.29) is 17.4 Å². The minimum absolute atomic E-state index is 0. The van der Waals surface area contributed by atoms with Crippen LogP contribution in [0.4, 0.5) is 13.2 Å². The maximum Gasteiger partial charge on any atom is 0.417 e. The zero-order chi connectivity index (χ0) is 13.8. The Morgan fingerprint density at radius 2 is 1.84 bits per heavy atom. The molecule has 1 aromatic carbocycles. The van der Waals surface area contributed by atoms with Gasteiger partial charge >= 0.3 is 6.18 Å². The first kappa shape index (κ1) is 18.5. The normalized spacial score (nSPS) is 12.9. The Balaban J connectivity index is 0.00000324. The van der Waals surface area contributed by atoms with Gasteiger partial charge in [0.05, 0.1) is 10.6 Å². The number of nitrogens with two attached hydrogens (primary N) is 2. The van der Waals surface area contributed by atoms with Gasteiger partial charge in [-0.05, 0) is 37.1 Å². The van der Waals surface area contributed by atoms with E-state index >= 15 is 0 Å². The van der Waals surface area contributed by atoms with Crippen molar-refractivity contribution < 1.29 is 13.2 Å². The topological polar surface area (TPSA) is 52.0 Å². The number of benzene rings is 1. The van der Waals surface area contributed by atoms with Crippen LogP contribution >= 0.6 is 24.0 Å². The molecule has 110 valence electrons. The summed E-state index contributed by atoms with van der Waals surface area (Å²) in [5.41, 5.74) is 10.8. The van der Waals surface area contributed by atoms with Crippen LogP contribution in [0.5, 0.6) is 0 Å². The maximum absolute atomic E-state index is 12.7. The molecule has 0 unspecified atom stereocenters. The summed E-state index contributed by atoms with van der Waals surface area (Å²) in [4.78, 5) is 0. The second-order valence-corrected chi connectivity index (χ2v) is 4.54. The highest BCUT2D eigenvalue weighted by Crippen LogP contribution is 2.36. The largest absolute Gasteiger partial charge is 0.417 e. The first-order valence-corrected chi connectivity index (χ1v) is 6.06. The van der Waals surface area contributed by atoms with Crippen molar-refractivity contribution in [3.63, 3.8) is 0 Å². The predicted molar refractivity (Wildman–Crippen MR) is 73.5 cm³/mol. The smallest absolute Gasteiger partial charge is 0.330 e. The summed E-state index contributed by atoms with van der Waals surface area (Å²) in [7, 11) is 0. The van der Waals surface area contributed by atoms with E-state index in [1.54, 1.807) is 0 Å². The Bertz CT molecular complexity index is 397. The monoisotopic (exact) mass is 316 g/mol. The maximum atomic E-state index is 12.7. The molecule has 0 fully saturated rings. The zero-order valence-corrected chi connectivity index (χ0v) is 11.8. The molecule has 0 saturated heterocycles. The Kier molecular flexibility index (Phi) is 7.74. The van der Waals surface area contributed by atoms with Crippen LogP contribution in [0.15, 0.2) is 18.2 Å². The lowest BCUT2D eigenvalue weighted by atomic mass is 9.99. The summed E-state index contributed by atoms with van der Waals surface area (Å²) in [6.07, 6.45) is -2.24. The molecule has 0 spiro atoms. The number of hydrogen-bond donors (Lipinski definition) is 2. The van der Waals surface area contributed by atoms with Crippen LogP contribution in [0.1, 0.15) is 36.4 Å². The fourth-order valence-corrected chi connectivity index (χ4v) is 1.89. The average Bonchev–Trinajstić information content (AvgIpc) is 2.28. The Labute approximate surface area is 121 Å². The third kappa shape index (κ3) is 5.57. The molecule has 0 radical (unpaired) electrons. The van der Waals surface area contributed by atoms with Gasteiger partial charge in [0.15, 0.2) is 0 Å². The van der Waals surface area contributed by atoms with Crippen molar-refractivity contribution in [3.8, 4) is 0 Å². The quantitative estimate of drug-likeness (QED) is 0.809. The van der Waals surface area contributed by atoms with Crippen LogP contribution in [0, 0.1) is 0 Å². The van der Waals surface area contributed by atoms with Crippen molar-refractivity contribution in [2.75, 3.05) is 6.54 Å². The molecule has 0 aliphatic rings. The molecule has 0 aliphatic carbocycles. The van der Waals surface area contributed by atoms with Gasteiger partial charge in [-0.3, -0.25) is 0 Å². The van der Waals surface area contributed by atoms with Crippen LogP contribution in [0.25, 0.3) is 0 Å². The van der Waals surface area contributed by atoms with E-state index in [1.165, 1.54) is 12.1 Å². The summed E-state index contributed by atoms with van der Waals surface area (Å²) in [5, 5.41) is -0.305. The van der Waals surface area contributed by atoms with E-state index in [0.717, 1.165) is 18.9 Å². The summed E-state index contributed by atoms with van der Waals surface area (Å²) < 4.78 is 38.0. The molecule has 4 N–H and O–H groups in total. The lowest BCUT2D eigenvalue weighted by molar-refractivity contribution is -0.137. The third-order valence-corrected chi connectivity index (χ3v) is 3.02. The third-order valence-electron chi connectivity index (χ3n) is 2.69. The van der Waals surface area contributed by atoms with Crippen molar-refractivity contribution >= 4 is 24.0 Å². The molecule has 1 atom stereocenters. The molecule has 19 heavy (non-hydrogen) atoms. The molecule has 2 nitrogen and oxygen atoms in total. The first-order valence-electron chi connectivity index (χ1n) is 5.68. The molecule has 7 heteroatoms. The molecular formula is C12H17Cl2F3N2. The highest BCUT2D eigenvalue weighted by molar-refractivity contribution is 6.31. The summed E-state index contributed by atoms with van der Waals surface area (Å²) >= 11 is 5.53. The van der Waals surface area contributed by atoms with E-state index in [4.69, 9.17) is 23.1 Å². The molecule has 1 rings (SSSR count). The second-order valence-electron chi connectivity index (χ2n) is 4.13. The van der Waals surface area contributed by atoms with E-state index in [9.17, 15) is 13.2 Å². The van der Waals surface area contributed by atoms with Gasteiger partial charge in [-0.2, -0.15) is 13.2 Å².